The van der Waals surface area contributed by atoms with Crippen molar-refractivity contribution in [3.05, 3.63) is 43.8 Å². The number of benzene rings is 1. The summed E-state index contributed by atoms with van der Waals surface area (Å²) >= 11 is 1.11. The maximum absolute atomic E-state index is 11.4. The van der Waals surface area contributed by atoms with Crippen molar-refractivity contribution in [2.75, 3.05) is 0 Å². The molecule has 0 amide bonds. The van der Waals surface area contributed by atoms with Crippen LogP contribution in [-0.4, -0.2) is 21.0 Å². The summed E-state index contributed by atoms with van der Waals surface area (Å²) in [6.45, 7) is 5.48. The Kier molecular flexibility index (Phi) is 4.04. The molecule has 0 aliphatic heterocycles. The lowest BCUT2D eigenvalue weighted by Crippen LogP contribution is -1.97. The quantitative estimate of drug-likeness (QED) is 0.684. The summed E-state index contributed by atoms with van der Waals surface area (Å²) < 4.78 is 0. The number of carbonyl (C=O) groups is 1. The number of hydrogen-bond acceptors (Lipinski definition) is 5. The number of nitrogens with zero attached hydrogens (tertiary/aromatic N) is 2. The summed E-state index contributed by atoms with van der Waals surface area (Å²) in [7, 11) is 0. The normalized spacial score (nSPS) is 10.9. The average Bonchev–Trinajstić information content (AvgIpc) is 2.84. The topological polar surface area (TPSA) is 93.3 Å². The predicted molar refractivity (Wildman–Crippen MR) is 80.0 cm³/mol. The van der Waals surface area contributed by atoms with Gasteiger partial charge in [0.2, 0.25) is 0 Å². The Balaban J connectivity index is 2.63. The lowest BCUT2D eigenvalue weighted by Gasteiger charge is -2.02. The molecular formula is C14H14N2O4S. The minimum Gasteiger partial charge on any atom is -0.477 e. The summed E-state index contributed by atoms with van der Waals surface area (Å²) in [6.07, 6.45) is 0. The van der Waals surface area contributed by atoms with Gasteiger partial charge < -0.3 is 5.11 Å². The number of nitro groups is 1. The van der Waals surface area contributed by atoms with E-state index in [1.54, 1.807) is 19.1 Å². The van der Waals surface area contributed by atoms with Gasteiger partial charge in [0, 0.05) is 23.1 Å². The molecule has 0 bridgehead atoms. The number of carboxylic acid groups (broad SMARTS) is 1. The van der Waals surface area contributed by atoms with Crippen molar-refractivity contribution in [3.63, 3.8) is 0 Å². The third-order valence-electron chi connectivity index (χ3n) is 3.01. The first-order valence-electron chi connectivity index (χ1n) is 6.30. The molecule has 1 N–H and O–H groups in total. The van der Waals surface area contributed by atoms with Crippen molar-refractivity contribution in [2.45, 2.75) is 26.7 Å². The van der Waals surface area contributed by atoms with E-state index in [1.165, 1.54) is 6.07 Å². The van der Waals surface area contributed by atoms with Gasteiger partial charge in [-0.1, -0.05) is 26.0 Å². The lowest BCUT2D eigenvalue weighted by molar-refractivity contribution is -0.385. The van der Waals surface area contributed by atoms with Gasteiger partial charge in [0.1, 0.15) is 4.88 Å². The Hall–Kier alpha value is -2.28. The molecular weight excluding hydrogens is 292 g/mol. The van der Waals surface area contributed by atoms with E-state index < -0.39 is 10.9 Å². The van der Waals surface area contributed by atoms with Crippen LogP contribution < -0.4 is 0 Å². The Morgan fingerprint density at radius 3 is 2.62 bits per heavy atom. The molecule has 7 heteroatoms. The van der Waals surface area contributed by atoms with Crippen LogP contribution in [0.25, 0.3) is 11.3 Å². The third kappa shape index (κ3) is 2.92. The number of carboxylic acids is 1. The second-order valence-corrected chi connectivity index (χ2v) is 5.98. The van der Waals surface area contributed by atoms with E-state index in [2.05, 4.69) is 4.98 Å². The van der Waals surface area contributed by atoms with Crippen LogP contribution in [0.15, 0.2) is 18.2 Å². The maximum Gasteiger partial charge on any atom is 0.348 e. The van der Waals surface area contributed by atoms with Crippen LogP contribution in [-0.2, 0) is 0 Å². The van der Waals surface area contributed by atoms with Crippen molar-refractivity contribution >= 4 is 23.0 Å². The zero-order chi connectivity index (χ0) is 15.7. The molecule has 6 nitrogen and oxygen atoms in total. The molecule has 0 saturated heterocycles. The number of thiazole rings is 1. The van der Waals surface area contributed by atoms with E-state index in [4.69, 9.17) is 0 Å². The first-order chi connectivity index (χ1) is 9.81. The van der Waals surface area contributed by atoms with Crippen molar-refractivity contribution < 1.29 is 14.8 Å². The molecule has 1 heterocycles. The highest BCUT2D eigenvalue weighted by Crippen LogP contribution is 2.34. The third-order valence-corrected chi connectivity index (χ3v) is 4.36. The fourth-order valence-electron chi connectivity index (χ4n) is 1.88. The minimum absolute atomic E-state index is 0.0389. The largest absolute Gasteiger partial charge is 0.477 e. The van der Waals surface area contributed by atoms with Crippen LogP contribution in [0.5, 0.6) is 0 Å². The first-order valence-corrected chi connectivity index (χ1v) is 7.12. The molecule has 2 aromatic rings. The molecule has 0 atom stereocenters. The standard InChI is InChI=1S/C14H14N2O4S/c1-7(2)13-15-11(12(21-13)14(17)18)9-5-4-8(3)10(6-9)16(19)20/h4-7H,1-3H3,(H,17,18). The van der Waals surface area contributed by atoms with Crippen LogP contribution in [0.2, 0.25) is 0 Å². The number of aromatic nitrogens is 1. The highest BCUT2D eigenvalue weighted by atomic mass is 32.1. The van der Waals surface area contributed by atoms with E-state index >= 15 is 0 Å². The Morgan fingerprint density at radius 1 is 1.43 bits per heavy atom. The molecule has 0 saturated carbocycles. The van der Waals surface area contributed by atoms with Gasteiger partial charge in [0.25, 0.3) is 5.69 Å². The average molecular weight is 306 g/mol. The van der Waals surface area contributed by atoms with E-state index in [1.807, 2.05) is 13.8 Å². The van der Waals surface area contributed by atoms with Crippen molar-refractivity contribution in [3.8, 4) is 11.3 Å². The molecule has 21 heavy (non-hydrogen) atoms. The van der Waals surface area contributed by atoms with Gasteiger partial charge in [0.05, 0.1) is 15.6 Å². The number of aryl methyl sites for hydroxylation is 1. The lowest BCUT2D eigenvalue weighted by atomic mass is 10.1. The van der Waals surface area contributed by atoms with Gasteiger partial charge in [-0.05, 0) is 6.92 Å². The van der Waals surface area contributed by atoms with Gasteiger partial charge in [-0.15, -0.1) is 11.3 Å². The van der Waals surface area contributed by atoms with E-state index in [-0.39, 0.29) is 16.5 Å². The fraction of sp³-hybridized carbons (Fsp3) is 0.286. The molecule has 1 aromatic heterocycles. The zero-order valence-corrected chi connectivity index (χ0v) is 12.6. The SMILES string of the molecule is Cc1ccc(-c2nc(C(C)C)sc2C(=O)O)cc1[N+](=O)[O-]. The summed E-state index contributed by atoms with van der Waals surface area (Å²) in [5.74, 6) is -0.972. The summed E-state index contributed by atoms with van der Waals surface area (Å²) in [4.78, 5) is 26.3. The summed E-state index contributed by atoms with van der Waals surface area (Å²) in [6, 6.07) is 4.64. The molecule has 0 radical (unpaired) electrons. The minimum atomic E-state index is -1.07. The second-order valence-electron chi connectivity index (χ2n) is 4.95. The van der Waals surface area contributed by atoms with Crippen LogP contribution >= 0.6 is 11.3 Å². The predicted octanol–water partition coefficient (Wildman–Crippen LogP) is 3.85. The number of nitro benzene ring substituents is 1. The molecule has 0 fully saturated rings. The highest BCUT2D eigenvalue weighted by Gasteiger charge is 2.22. The van der Waals surface area contributed by atoms with E-state index in [9.17, 15) is 20.0 Å². The van der Waals surface area contributed by atoms with Crippen LogP contribution in [0.1, 0.15) is 40.0 Å². The molecule has 1 aromatic carbocycles. The van der Waals surface area contributed by atoms with Crippen molar-refractivity contribution in [1.29, 1.82) is 0 Å². The van der Waals surface area contributed by atoms with E-state index in [0.29, 0.717) is 21.8 Å². The number of aromatic carboxylic acids is 1. The van der Waals surface area contributed by atoms with Gasteiger partial charge in [0.15, 0.2) is 0 Å². The second kappa shape index (κ2) is 5.61. The Labute approximate surface area is 125 Å². The van der Waals surface area contributed by atoms with Gasteiger partial charge in [-0.2, -0.15) is 0 Å². The summed E-state index contributed by atoms with van der Waals surface area (Å²) in [5.41, 5.74) is 1.23. The van der Waals surface area contributed by atoms with Gasteiger partial charge in [-0.3, -0.25) is 10.1 Å². The zero-order valence-electron chi connectivity index (χ0n) is 11.8. The number of hydrogen-bond donors (Lipinski definition) is 1. The van der Waals surface area contributed by atoms with Crippen LogP contribution in [0.4, 0.5) is 5.69 Å². The molecule has 0 aliphatic rings. The van der Waals surface area contributed by atoms with Gasteiger partial charge in [-0.25, -0.2) is 9.78 Å². The highest BCUT2D eigenvalue weighted by molar-refractivity contribution is 7.14. The van der Waals surface area contributed by atoms with Gasteiger partial charge >= 0.3 is 5.97 Å². The molecule has 0 unspecified atom stereocenters. The monoisotopic (exact) mass is 306 g/mol. The fourth-order valence-corrected chi connectivity index (χ4v) is 2.81. The maximum atomic E-state index is 11.4. The molecule has 0 spiro atoms. The summed E-state index contributed by atoms with van der Waals surface area (Å²) in [5, 5.41) is 21.0. The van der Waals surface area contributed by atoms with Crippen LogP contribution in [0.3, 0.4) is 0 Å². The van der Waals surface area contributed by atoms with Crippen LogP contribution in [0, 0.1) is 17.0 Å². The van der Waals surface area contributed by atoms with E-state index in [0.717, 1.165) is 11.3 Å². The van der Waals surface area contributed by atoms with Crippen molar-refractivity contribution in [2.24, 2.45) is 0 Å². The molecule has 0 aliphatic carbocycles. The Bertz CT molecular complexity index is 722. The molecule has 110 valence electrons. The molecule has 2 rings (SSSR count). The smallest absolute Gasteiger partial charge is 0.348 e. The number of rotatable bonds is 4. The first kappa shape index (κ1) is 15.1. The Morgan fingerprint density at radius 2 is 2.10 bits per heavy atom. The van der Waals surface area contributed by atoms with Crippen molar-refractivity contribution in [1.82, 2.24) is 4.98 Å².